The van der Waals surface area contributed by atoms with E-state index in [-0.39, 0.29) is 11.7 Å². The van der Waals surface area contributed by atoms with Crippen LogP contribution in [0.5, 0.6) is 0 Å². The number of aliphatic hydroxyl groups excluding tert-OH is 1. The van der Waals surface area contributed by atoms with Crippen LogP contribution in [0.15, 0.2) is 45.9 Å². The van der Waals surface area contributed by atoms with E-state index < -0.39 is 10.0 Å². The van der Waals surface area contributed by atoms with Crippen molar-refractivity contribution in [2.75, 3.05) is 14.1 Å². The monoisotopic (exact) mass is 335 g/mol. The van der Waals surface area contributed by atoms with Crippen molar-refractivity contribution >= 4 is 21.1 Å². The summed E-state index contributed by atoms with van der Waals surface area (Å²) < 4.78 is 32.5. The molecule has 2 aromatic heterocycles. The second-order valence-corrected chi connectivity index (χ2v) is 7.35. The Bertz CT molecular complexity index is 941. The van der Waals surface area contributed by atoms with E-state index in [1.807, 2.05) is 24.3 Å². The number of para-hydroxylation sites is 2. The van der Waals surface area contributed by atoms with Crippen LogP contribution >= 0.6 is 0 Å². The maximum Gasteiger partial charge on any atom is 0.275 e. The van der Waals surface area contributed by atoms with Crippen molar-refractivity contribution in [3.8, 4) is 0 Å². The zero-order valence-electron chi connectivity index (χ0n) is 12.8. The van der Waals surface area contributed by atoms with Crippen LogP contribution in [0.2, 0.25) is 0 Å². The van der Waals surface area contributed by atoms with Gasteiger partial charge in [-0.05, 0) is 24.3 Å². The minimum atomic E-state index is -3.60. The second-order valence-electron chi connectivity index (χ2n) is 5.27. The van der Waals surface area contributed by atoms with Gasteiger partial charge in [0.2, 0.25) is 5.09 Å². The molecule has 122 valence electrons. The molecule has 0 saturated heterocycles. The Morgan fingerprint density at radius 2 is 1.96 bits per heavy atom. The fraction of sp³-hybridized carbons (Fsp3) is 0.267. The van der Waals surface area contributed by atoms with Gasteiger partial charge in [-0.25, -0.2) is 17.7 Å². The van der Waals surface area contributed by atoms with Crippen LogP contribution < -0.4 is 0 Å². The molecule has 7 nitrogen and oxygen atoms in total. The van der Waals surface area contributed by atoms with Crippen LogP contribution in [0.4, 0.5) is 0 Å². The van der Waals surface area contributed by atoms with Gasteiger partial charge in [-0.15, -0.1) is 0 Å². The minimum absolute atomic E-state index is 0.104. The van der Waals surface area contributed by atoms with E-state index in [1.165, 1.54) is 20.2 Å². The number of nitrogens with zero attached hydrogens (tertiary/aromatic N) is 3. The van der Waals surface area contributed by atoms with Crippen molar-refractivity contribution in [3.05, 3.63) is 48.0 Å². The highest BCUT2D eigenvalue weighted by atomic mass is 32.2. The van der Waals surface area contributed by atoms with E-state index >= 15 is 0 Å². The summed E-state index contributed by atoms with van der Waals surface area (Å²) in [6.07, 6.45) is 0. The van der Waals surface area contributed by atoms with Crippen molar-refractivity contribution < 1.29 is 17.9 Å². The van der Waals surface area contributed by atoms with Gasteiger partial charge in [0.25, 0.3) is 10.0 Å². The molecule has 0 bridgehead atoms. The molecule has 0 radical (unpaired) electrons. The highest BCUT2D eigenvalue weighted by Gasteiger charge is 2.22. The van der Waals surface area contributed by atoms with Gasteiger partial charge in [-0.3, -0.25) is 0 Å². The number of hydrogen-bond acceptors (Lipinski definition) is 5. The van der Waals surface area contributed by atoms with E-state index in [1.54, 1.807) is 10.6 Å². The molecule has 0 amide bonds. The lowest BCUT2D eigenvalue weighted by atomic mass is 10.3. The van der Waals surface area contributed by atoms with Crippen LogP contribution in [0.1, 0.15) is 11.6 Å². The maximum absolute atomic E-state index is 12.1. The average Bonchev–Trinajstić information content (AvgIpc) is 3.13. The molecule has 1 aromatic carbocycles. The number of fused-ring (bicyclic) bond motifs is 1. The van der Waals surface area contributed by atoms with Gasteiger partial charge < -0.3 is 14.1 Å². The molecule has 0 saturated carbocycles. The molecule has 0 spiro atoms. The standard InChI is InChI=1S/C15H17N3O4S/c1-17(2)23(20,21)15-8-7-11(22-15)9-18-13-6-4-3-5-12(13)16-14(18)10-19/h3-8,19H,9-10H2,1-2H3. The molecular weight excluding hydrogens is 318 g/mol. The second kappa shape index (κ2) is 5.80. The number of hydrogen-bond donors (Lipinski definition) is 1. The molecule has 2 heterocycles. The van der Waals surface area contributed by atoms with Crippen molar-refractivity contribution in [1.82, 2.24) is 13.9 Å². The first-order valence-corrected chi connectivity index (χ1v) is 8.43. The topological polar surface area (TPSA) is 88.6 Å². The van der Waals surface area contributed by atoms with Gasteiger partial charge >= 0.3 is 0 Å². The lowest BCUT2D eigenvalue weighted by Crippen LogP contribution is -2.21. The summed E-state index contributed by atoms with van der Waals surface area (Å²) in [6, 6.07) is 10.5. The van der Waals surface area contributed by atoms with Crippen molar-refractivity contribution in [2.45, 2.75) is 18.2 Å². The summed E-state index contributed by atoms with van der Waals surface area (Å²) in [7, 11) is -0.702. The van der Waals surface area contributed by atoms with Crippen molar-refractivity contribution in [1.29, 1.82) is 0 Å². The predicted molar refractivity (Wildman–Crippen MR) is 84.3 cm³/mol. The fourth-order valence-electron chi connectivity index (χ4n) is 2.34. The fourth-order valence-corrected chi connectivity index (χ4v) is 3.15. The Kier molecular flexibility index (Phi) is 3.97. The van der Waals surface area contributed by atoms with Gasteiger partial charge in [-0.2, -0.15) is 0 Å². The molecule has 8 heteroatoms. The van der Waals surface area contributed by atoms with E-state index in [2.05, 4.69) is 4.98 Å². The van der Waals surface area contributed by atoms with Gasteiger partial charge in [0.1, 0.15) is 18.2 Å². The van der Waals surface area contributed by atoms with Gasteiger partial charge in [0.15, 0.2) is 0 Å². The van der Waals surface area contributed by atoms with Crippen LogP contribution in [-0.2, 0) is 23.2 Å². The van der Waals surface area contributed by atoms with Crippen molar-refractivity contribution in [2.24, 2.45) is 0 Å². The maximum atomic E-state index is 12.1. The first-order chi connectivity index (χ1) is 10.9. The molecule has 3 aromatic rings. The predicted octanol–water partition coefficient (Wildman–Crippen LogP) is 1.42. The van der Waals surface area contributed by atoms with Crippen LogP contribution in [0.3, 0.4) is 0 Å². The Hall–Kier alpha value is -2.16. The minimum Gasteiger partial charge on any atom is -0.446 e. The molecule has 0 aliphatic carbocycles. The lowest BCUT2D eigenvalue weighted by molar-refractivity contribution is 0.265. The number of aromatic nitrogens is 2. The number of imidazole rings is 1. The summed E-state index contributed by atoms with van der Waals surface area (Å²) in [5.74, 6) is 0.975. The third-order valence-electron chi connectivity index (χ3n) is 3.56. The van der Waals surface area contributed by atoms with Crippen molar-refractivity contribution in [3.63, 3.8) is 0 Å². The molecular formula is C15H17N3O4S. The Morgan fingerprint density at radius 3 is 2.65 bits per heavy atom. The van der Waals surface area contributed by atoms with Crippen LogP contribution in [0.25, 0.3) is 11.0 Å². The highest BCUT2D eigenvalue weighted by molar-refractivity contribution is 7.88. The van der Waals surface area contributed by atoms with E-state index in [0.29, 0.717) is 18.1 Å². The molecule has 0 unspecified atom stereocenters. The van der Waals surface area contributed by atoms with Gasteiger partial charge in [0.05, 0.1) is 17.6 Å². The zero-order chi connectivity index (χ0) is 16.6. The van der Waals surface area contributed by atoms with E-state index in [4.69, 9.17) is 4.42 Å². The third-order valence-corrected chi connectivity index (χ3v) is 5.25. The highest BCUT2D eigenvalue weighted by Crippen LogP contribution is 2.21. The smallest absolute Gasteiger partial charge is 0.275 e. The third kappa shape index (κ3) is 2.76. The summed E-state index contributed by atoms with van der Waals surface area (Å²) in [5.41, 5.74) is 1.62. The van der Waals surface area contributed by atoms with Gasteiger partial charge in [0, 0.05) is 14.1 Å². The lowest BCUT2D eigenvalue weighted by Gasteiger charge is -2.08. The zero-order valence-corrected chi connectivity index (χ0v) is 13.6. The summed E-state index contributed by atoms with van der Waals surface area (Å²) in [5, 5.41) is 9.38. The Morgan fingerprint density at radius 1 is 1.22 bits per heavy atom. The van der Waals surface area contributed by atoms with E-state index in [9.17, 15) is 13.5 Å². The normalized spacial score (nSPS) is 12.3. The van der Waals surface area contributed by atoms with Gasteiger partial charge in [-0.1, -0.05) is 12.1 Å². The largest absolute Gasteiger partial charge is 0.446 e. The average molecular weight is 335 g/mol. The molecule has 0 atom stereocenters. The summed E-state index contributed by atoms with van der Waals surface area (Å²) >= 11 is 0. The number of rotatable bonds is 5. The first kappa shape index (κ1) is 15.7. The molecule has 0 fully saturated rings. The summed E-state index contributed by atoms with van der Waals surface area (Å²) in [4.78, 5) is 4.36. The number of benzene rings is 1. The number of aliphatic hydroxyl groups is 1. The number of sulfonamides is 1. The van der Waals surface area contributed by atoms with Crippen LogP contribution in [0, 0.1) is 0 Å². The molecule has 23 heavy (non-hydrogen) atoms. The first-order valence-electron chi connectivity index (χ1n) is 6.99. The SMILES string of the molecule is CN(C)S(=O)(=O)c1ccc(Cn2c(CO)nc3ccccc32)o1. The Labute approximate surface area is 133 Å². The molecule has 3 rings (SSSR count). The van der Waals surface area contributed by atoms with Crippen LogP contribution in [-0.4, -0.2) is 41.5 Å². The molecule has 0 aliphatic heterocycles. The van der Waals surface area contributed by atoms with E-state index in [0.717, 1.165) is 15.3 Å². The number of furan rings is 1. The quantitative estimate of drug-likeness (QED) is 0.762. The molecule has 0 aliphatic rings. The summed E-state index contributed by atoms with van der Waals surface area (Å²) in [6.45, 7) is 0.0809. The Balaban J connectivity index is 1.99. The molecule has 1 N–H and O–H groups in total.